The third kappa shape index (κ3) is 2.03. The molecule has 1 aliphatic heterocycles. The second-order valence-corrected chi connectivity index (χ2v) is 4.25. The molecule has 0 saturated heterocycles. The summed E-state index contributed by atoms with van der Waals surface area (Å²) in [5.74, 6) is 1.74. The van der Waals surface area contributed by atoms with Gasteiger partial charge in [-0.1, -0.05) is 13.8 Å². The van der Waals surface area contributed by atoms with Crippen molar-refractivity contribution in [3.63, 3.8) is 0 Å². The van der Waals surface area contributed by atoms with Gasteiger partial charge in [0.25, 0.3) is 0 Å². The Labute approximate surface area is 95.4 Å². The van der Waals surface area contributed by atoms with Crippen molar-refractivity contribution in [1.82, 2.24) is 0 Å². The summed E-state index contributed by atoms with van der Waals surface area (Å²) in [7, 11) is 0. The number of ether oxygens (including phenoxy) is 2. The molecule has 3 nitrogen and oxygen atoms in total. The Bertz CT molecular complexity index is 396. The first-order valence-corrected chi connectivity index (χ1v) is 5.61. The van der Waals surface area contributed by atoms with Crippen molar-refractivity contribution in [3.05, 3.63) is 23.3 Å². The smallest absolute Gasteiger partial charge is 0.161 e. The van der Waals surface area contributed by atoms with Crippen molar-refractivity contribution < 1.29 is 14.3 Å². The number of aldehydes is 1. The molecule has 0 amide bonds. The minimum atomic E-state index is 0.303. The third-order valence-corrected chi connectivity index (χ3v) is 2.70. The van der Waals surface area contributed by atoms with Gasteiger partial charge in [-0.2, -0.15) is 0 Å². The largest absolute Gasteiger partial charge is 0.490 e. The summed E-state index contributed by atoms with van der Waals surface area (Å²) in [6.45, 7) is 5.44. The summed E-state index contributed by atoms with van der Waals surface area (Å²) < 4.78 is 11.1. The first-order valence-electron chi connectivity index (χ1n) is 5.61. The molecule has 0 unspecified atom stereocenters. The average molecular weight is 220 g/mol. The van der Waals surface area contributed by atoms with Gasteiger partial charge in [0.05, 0.1) is 13.2 Å². The van der Waals surface area contributed by atoms with Crippen LogP contribution < -0.4 is 9.47 Å². The minimum absolute atomic E-state index is 0.303. The number of benzene rings is 1. The van der Waals surface area contributed by atoms with Gasteiger partial charge in [0.15, 0.2) is 11.5 Å². The van der Waals surface area contributed by atoms with Crippen molar-refractivity contribution in [2.75, 3.05) is 13.2 Å². The van der Waals surface area contributed by atoms with Crippen LogP contribution in [0.3, 0.4) is 0 Å². The zero-order chi connectivity index (χ0) is 11.5. The maximum absolute atomic E-state index is 11.0. The van der Waals surface area contributed by atoms with Crippen molar-refractivity contribution in [1.29, 1.82) is 0 Å². The summed E-state index contributed by atoms with van der Waals surface area (Å²) in [6, 6.07) is 3.71. The molecule has 1 aromatic carbocycles. The van der Waals surface area contributed by atoms with Gasteiger partial charge in [0.2, 0.25) is 0 Å². The summed E-state index contributed by atoms with van der Waals surface area (Å²) in [5.41, 5.74) is 1.71. The molecule has 3 heteroatoms. The number of hydrogen-bond donors (Lipinski definition) is 0. The van der Waals surface area contributed by atoms with Crippen LogP contribution in [0.15, 0.2) is 12.1 Å². The Balaban J connectivity index is 2.48. The highest BCUT2D eigenvalue weighted by Gasteiger charge is 2.15. The topological polar surface area (TPSA) is 35.5 Å². The first kappa shape index (κ1) is 11.0. The molecule has 0 fully saturated rings. The molecule has 0 bridgehead atoms. The van der Waals surface area contributed by atoms with Crippen molar-refractivity contribution in [3.8, 4) is 11.5 Å². The fourth-order valence-corrected chi connectivity index (χ4v) is 1.84. The van der Waals surface area contributed by atoms with E-state index in [2.05, 4.69) is 13.8 Å². The van der Waals surface area contributed by atoms with Crippen molar-refractivity contribution >= 4 is 6.29 Å². The second kappa shape index (κ2) is 4.56. The molecule has 0 N–H and O–H groups in total. The highest BCUT2D eigenvalue weighted by Crippen LogP contribution is 2.34. The zero-order valence-electron chi connectivity index (χ0n) is 9.66. The maximum Gasteiger partial charge on any atom is 0.161 e. The van der Waals surface area contributed by atoms with E-state index in [4.69, 9.17) is 9.47 Å². The van der Waals surface area contributed by atoms with Crippen LogP contribution >= 0.6 is 0 Å². The van der Waals surface area contributed by atoms with Gasteiger partial charge in [-0.05, 0) is 23.6 Å². The monoisotopic (exact) mass is 220 g/mol. The van der Waals surface area contributed by atoms with E-state index in [1.54, 1.807) is 6.07 Å². The fourth-order valence-electron chi connectivity index (χ4n) is 1.84. The lowest BCUT2D eigenvalue weighted by Gasteiger charge is -2.13. The Morgan fingerprint density at radius 3 is 2.38 bits per heavy atom. The van der Waals surface area contributed by atoms with Gasteiger partial charge in [-0.15, -0.1) is 0 Å². The number of carbonyl (C=O) groups excluding carboxylic acids is 1. The molecule has 0 radical (unpaired) electrons. The number of carbonyl (C=O) groups is 1. The van der Waals surface area contributed by atoms with E-state index >= 15 is 0 Å². The lowest BCUT2D eigenvalue weighted by Crippen LogP contribution is -1.99. The molecule has 0 aromatic heterocycles. The second-order valence-electron chi connectivity index (χ2n) is 4.25. The van der Waals surface area contributed by atoms with Crippen LogP contribution in [0.5, 0.6) is 11.5 Å². The van der Waals surface area contributed by atoms with Gasteiger partial charge in [-0.25, -0.2) is 0 Å². The lowest BCUT2D eigenvalue weighted by atomic mass is 9.97. The van der Waals surface area contributed by atoms with Gasteiger partial charge in [-0.3, -0.25) is 4.79 Å². The van der Waals surface area contributed by atoms with Crippen LogP contribution in [0.25, 0.3) is 0 Å². The standard InChI is InChI=1S/C13H16O3/c1-9(2)11-7-13-12(6-10(11)8-14)15-4-3-5-16-13/h6-9H,3-5H2,1-2H3. The predicted octanol–water partition coefficient (Wildman–Crippen LogP) is 2.78. The van der Waals surface area contributed by atoms with Crippen LogP contribution in [0.4, 0.5) is 0 Å². The minimum Gasteiger partial charge on any atom is -0.490 e. The van der Waals surface area contributed by atoms with Crippen LogP contribution in [0.2, 0.25) is 0 Å². The van der Waals surface area contributed by atoms with Gasteiger partial charge < -0.3 is 9.47 Å². The molecule has 0 saturated carbocycles. The number of fused-ring (bicyclic) bond motifs is 1. The van der Waals surface area contributed by atoms with Crippen LogP contribution in [0.1, 0.15) is 42.1 Å². The zero-order valence-corrected chi connectivity index (χ0v) is 9.66. The first-order chi connectivity index (χ1) is 7.72. The Hall–Kier alpha value is -1.51. The molecule has 1 aromatic rings. The third-order valence-electron chi connectivity index (χ3n) is 2.70. The maximum atomic E-state index is 11.0. The molecule has 86 valence electrons. The van der Waals surface area contributed by atoms with Crippen molar-refractivity contribution in [2.24, 2.45) is 0 Å². The van der Waals surface area contributed by atoms with E-state index in [1.165, 1.54) is 0 Å². The summed E-state index contributed by atoms with van der Waals surface area (Å²) in [6.07, 6.45) is 1.76. The van der Waals surface area contributed by atoms with E-state index in [0.717, 1.165) is 24.0 Å². The SMILES string of the molecule is CC(C)c1cc2c(cc1C=O)OCCCO2. The molecule has 1 heterocycles. The molecule has 2 rings (SSSR count). The average Bonchev–Trinajstić information content (AvgIpc) is 2.51. The van der Waals surface area contributed by atoms with Crippen LogP contribution in [-0.2, 0) is 0 Å². The van der Waals surface area contributed by atoms with Crippen molar-refractivity contribution in [2.45, 2.75) is 26.2 Å². The van der Waals surface area contributed by atoms with Gasteiger partial charge in [0.1, 0.15) is 6.29 Å². The molecule has 16 heavy (non-hydrogen) atoms. The summed E-state index contributed by atoms with van der Waals surface area (Å²) in [5, 5.41) is 0. The normalized spacial score (nSPS) is 14.7. The fraction of sp³-hybridized carbons (Fsp3) is 0.462. The molecule has 0 atom stereocenters. The van der Waals surface area contributed by atoms with E-state index in [9.17, 15) is 4.79 Å². The van der Waals surface area contributed by atoms with E-state index in [0.29, 0.717) is 30.4 Å². The Kier molecular flexibility index (Phi) is 3.13. The summed E-state index contributed by atoms with van der Waals surface area (Å²) in [4.78, 5) is 11.0. The molecule has 0 aliphatic carbocycles. The quantitative estimate of drug-likeness (QED) is 0.719. The number of hydrogen-bond acceptors (Lipinski definition) is 3. The van der Waals surface area contributed by atoms with Crippen LogP contribution in [-0.4, -0.2) is 19.5 Å². The van der Waals surface area contributed by atoms with Crippen LogP contribution in [0, 0.1) is 0 Å². The van der Waals surface area contributed by atoms with Gasteiger partial charge in [0, 0.05) is 12.0 Å². The molecular formula is C13H16O3. The predicted molar refractivity (Wildman–Crippen MR) is 61.5 cm³/mol. The highest BCUT2D eigenvalue weighted by molar-refractivity contribution is 5.79. The lowest BCUT2D eigenvalue weighted by molar-refractivity contribution is 0.112. The summed E-state index contributed by atoms with van der Waals surface area (Å²) >= 11 is 0. The van der Waals surface area contributed by atoms with E-state index in [1.807, 2.05) is 6.07 Å². The van der Waals surface area contributed by atoms with Gasteiger partial charge >= 0.3 is 0 Å². The van der Waals surface area contributed by atoms with E-state index < -0.39 is 0 Å². The molecule has 0 spiro atoms. The Morgan fingerprint density at radius 1 is 1.19 bits per heavy atom. The highest BCUT2D eigenvalue weighted by atomic mass is 16.5. The molecule has 1 aliphatic rings. The van der Waals surface area contributed by atoms with E-state index in [-0.39, 0.29) is 0 Å². The number of rotatable bonds is 2. The molecular weight excluding hydrogens is 204 g/mol. The Morgan fingerprint density at radius 2 is 1.81 bits per heavy atom.